The van der Waals surface area contributed by atoms with E-state index in [1.165, 1.54) is 12.5 Å². The quantitative estimate of drug-likeness (QED) is 0.413. The average molecular weight is 358 g/mol. The molecule has 0 saturated carbocycles. The summed E-state index contributed by atoms with van der Waals surface area (Å²) in [4.78, 5) is 22.6. The fraction of sp³-hybridized carbons (Fsp3) is 0.0625. The summed E-state index contributed by atoms with van der Waals surface area (Å²) in [7, 11) is 0. The Labute approximate surface area is 147 Å². The Balaban J connectivity index is 1.98. The lowest BCUT2D eigenvalue weighted by Crippen LogP contribution is -2.04. The van der Waals surface area contributed by atoms with E-state index in [1.54, 1.807) is 24.3 Å². The van der Waals surface area contributed by atoms with E-state index >= 15 is 0 Å². The van der Waals surface area contributed by atoms with Crippen molar-refractivity contribution in [2.45, 2.75) is 6.92 Å². The molecular formula is C16H12ClN5O3. The summed E-state index contributed by atoms with van der Waals surface area (Å²) in [6.45, 7) is 1.93. The highest BCUT2D eigenvalue weighted by Gasteiger charge is 2.25. The summed E-state index contributed by atoms with van der Waals surface area (Å²) in [5.41, 5.74) is 1.02. The summed E-state index contributed by atoms with van der Waals surface area (Å²) in [5, 5.41) is 14.5. The lowest BCUT2D eigenvalue weighted by atomic mass is 10.2. The Morgan fingerprint density at radius 2 is 1.92 bits per heavy atom. The molecule has 0 aliphatic carbocycles. The largest absolute Gasteiger partial charge is 0.434 e. The summed E-state index contributed by atoms with van der Waals surface area (Å²) in [5.74, 6) is 0.209. The van der Waals surface area contributed by atoms with Gasteiger partial charge < -0.3 is 10.1 Å². The molecule has 2 aromatic heterocycles. The highest BCUT2D eigenvalue weighted by atomic mass is 35.5. The number of nitro groups is 1. The molecular weight excluding hydrogens is 346 g/mol. The van der Waals surface area contributed by atoms with E-state index in [1.807, 2.05) is 19.1 Å². The Hall–Kier alpha value is -3.26. The second-order valence-corrected chi connectivity index (χ2v) is 5.37. The van der Waals surface area contributed by atoms with E-state index in [0.717, 1.165) is 5.56 Å². The first kappa shape index (κ1) is 16.6. The molecule has 0 fully saturated rings. The minimum absolute atomic E-state index is 0.0444. The van der Waals surface area contributed by atoms with Crippen molar-refractivity contribution in [1.82, 2.24) is 15.0 Å². The van der Waals surface area contributed by atoms with Crippen molar-refractivity contribution in [3.05, 3.63) is 69.8 Å². The van der Waals surface area contributed by atoms with Crippen LogP contribution < -0.4 is 10.1 Å². The maximum absolute atomic E-state index is 11.5. The van der Waals surface area contributed by atoms with Crippen molar-refractivity contribution in [3.8, 4) is 11.6 Å². The van der Waals surface area contributed by atoms with Gasteiger partial charge >= 0.3 is 11.6 Å². The number of aromatic nitrogens is 3. The number of halogens is 1. The number of anilines is 2. The van der Waals surface area contributed by atoms with Crippen molar-refractivity contribution in [3.63, 3.8) is 0 Å². The standard InChI is InChI=1S/C16H12ClN5O3/c1-10-4-6-11(7-5-10)25-16-13(22(23)24)15(19-9-20-16)21-12-3-2-8-18-14(12)17/h2-9H,1H3,(H,19,20,21). The normalized spacial score (nSPS) is 10.3. The van der Waals surface area contributed by atoms with Gasteiger partial charge in [-0.2, -0.15) is 4.98 Å². The number of pyridine rings is 1. The topological polar surface area (TPSA) is 103 Å². The molecule has 0 atom stereocenters. The Kier molecular flexibility index (Phi) is 4.71. The van der Waals surface area contributed by atoms with Crippen LogP contribution in [0.15, 0.2) is 48.9 Å². The zero-order valence-electron chi connectivity index (χ0n) is 13.0. The monoisotopic (exact) mass is 357 g/mol. The number of aryl methyl sites for hydroxylation is 1. The molecule has 3 aromatic rings. The van der Waals surface area contributed by atoms with E-state index in [0.29, 0.717) is 11.4 Å². The van der Waals surface area contributed by atoms with Gasteiger partial charge in [-0.3, -0.25) is 10.1 Å². The molecule has 1 aromatic carbocycles. The molecule has 0 unspecified atom stereocenters. The molecule has 0 aliphatic rings. The van der Waals surface area contributed by atoms with Crippen molar-refractivity contribution in [2.24, 2.45) is 0 Å². The van der Waals surface area contributed by atoms with E-state index in [9.17, 15) is 10.1 Å². The van der Waals surface area contributed by atoms with Gasteiger partial charge in [0.25, 0.3) is 0 Å². The Morgan fingerprint density at radius 1 is 1.16 bits per heavy atom. The second kappa shape index (κ2) is 7.10. The fourth-order valence-electron chi connectivity index (χ4n) is 2.02. The minimum Gasteiger partial charge on any atom is -0.434 e. The van der Waals surface area contributed by atoms with Crippen LogP contribution in [0.3, 0.4) is 0 Å². The van der Waals surface area contributed by atoms with Crippen molar-refractivity contribution < 1.29 is 9.66 Å². The third-order valence-electron chi connectivity index (χ3n) is 3.22. The molecule has 1 N–H and O–H groups in total. The van der Waals surface area contributed by atoms with Gasteiger partial charge in [0, 0.05) is 6.20 Å². The first-order valence-corrected chi connectivity index (χ1v) is 7.54. The molecule has 0 amide bonds. The van der Waals surface area contributed by atoms with Crippen molar-refractivity contribution in [2.75, 3.05) is 5.32 Å². The van der Waals surface area contributed by atoms with E-state index in [4.69, 9.17) is 16.3 Å². The molecule has 0 radical (unpaired) electrons. The van der Waals surface area contributed by atoms with Crippen LogP contribution in [-0.4, -0.2) is 19.9 Å². The third-order valence-corrected chi connectivity index (χ3v) is 3.52. The van der Waals surface area contributed by atoms with Crippen LogP contribution in [0.25, 0.3) is 0 Å². The fourth-order valence-corrected chi connectivity index (χ4v) is 2.18. The van der Waals surface area contributed by atoms with Gasteiger partial charge in [0.05, 0.1) is 10.6 Å². The molecule has 2 heterocycles. The lowest BCUT2D eigenvalue weighted by Gasteiger charge is -2.10. The second-order valence-electron chi connectivity index (χ2n) is 5.02. The zero-order valence-corrected chi connectivity index (χ0v) is 13.8. The van der Waals surface area contributed by atoms with E-state index in [-0.39, 0.29) is 16.9 Å². The van der Waals surface area contributed by atoms with Gasteiger partial charge in [0.1, 0.15) is 12.1 Å². The van der Waals surface area contributed by atoms with Gasteiger partial charge in [-0.1, -0.05) is 29.3 Å². The van der Waals surface area contributed by atoms with Crippen LogP contribution in [0.5, 0.6) is 11.6 Å². The summed E-state index contributed by atoms with van der Waals surface area (Å²) >= 11 is 5.97. The van der Waals surface area contributed by atoms with Gasteiger partial charge in [-0.05, 0) is 31.2 Å². The predicted octanol–water partition coefficient (Wildman–Crippen LogP) is 4.28. The summed E-state index contributed by atoms with van der Waals surface area (Å²) in [6.07, 6.45) is 2.68. The van der Waals surface area contributed by atoms with Crippen molar-refractivity contribution in [1.29, 1.82) is 0 Å². The zero-order chi connectivity index (χ0) is 17.8. The molecule has 0 aliphatic heterocycles. The first-order chi connectivity index (χ1) is 12.0. The predicted molar refractivity (Wildman–Crippen MR) is 92.5 cm³/mol. The number of rotatable bonds is 5. The smallest absolute Gasteiger partial charge is 0.373 e. The number of hydrogen-bond acceptors (Lipinski definition) is 7. The third kappa shape index (κ3) is 3.81. The number of nitrogens with one attached hydrogen (secondary N) is 1. The summed E-state index contributed by atoms with van der Waals surface area (Å²) in [6, 6.07) is 10.3. The molecule has 8 nitrogen and oxygen atoms in total. The Bertz CT molecular complexity index is 918. The van der Waals surface area contributed by atoms with Crippen LogP contribution >= 0.6 is 11.6 Å². The SMILES string of the molecule is Cc1ccc(Oc2ncnc(Nc3cccnc3Cl)c2[N+](=O)[O-])cc1. The van der Waals surface area contributed by atoms with Gasteiger partial charge in [-0.25, -0.2) is 9.97 Å². The molecule has 126 valence electrons. The minimum atomic E-state index is -0.615. The number of hydrogen-bond donors (Lipinski definition) is 1. The molecule has 25 heavy (non-hydrogen) atoms. The maximum Gasteiger partial charge on any atom is 0.373 e. The number of benzene rings is 1. The van der Waals surface area contributed by atoms with Crippen LogP contribution in [0.1, 0.15) is 5.56 Å². The highest BCUT2D eigenvalue weighted by molar-refractivity contribution is 6.32. The van der Waals surface area contributed by atoms with Gasteiger partial charge in [0.15, 0.2) is 5.15 Å². The van der Waals surface area contributed by atoms with Gasteiger partial charge in [-0.15, -0.1) is 0 Å². The van der Waals surface area contributed by atoms with Crippen LogP contribution in [0.2, 0.25) is 5.15 Å². The lowest BCUT2D eigenvalue weighted by molar-refractivity contribution is -0.385. The molecule has 0 bridgehead atoms. The maximum atomic E-state index is 11.5. The summed E-state index contributed by atoms with van der Waals surface area (Å²) < 4.78 is 5.55. The number of ether oxygens (including phenoxy) is 1. The van der Waals surface area contributed by atoms with Gasteiger partial charge in [0.2, 0.25) is 5.82 Å². The molecule has 0 spiro atoms. The highest BCUT2D eigenvalue weighted by Crippen LogP contribution is 2.36. The molecule has 0 saturated heterocycles. The van der Waals surface area contributed by atoms with E-state index in [2.05, 4.69) is 20.3 Å². The number of nitrogens with zero attached hydrogens (tertiary/aromatic N) is 4. The molecule has 3 rings (SSSR count). The molecule has 9 heteroatoms. The van der Waals surface area contributed by atoms with Crippen LogP contribution in [0, 0.1) is 17.0 Å². The average Bonchev–Trinajstić information content (AvgIpc) is 2.59. The van der Waals surface area contributed by atoms with Crippen molar-refractivity contribution >= 4 is 28.8 Å². The Morgan fingerprint density at radius 3 is 2.60 bits per heavy atom. The van der Waals surface area contributed by atoms with Crippen LogP contribution in [-0.2, 0) is 0 Å². The van der Waals surface area contributed by atoms with E-state index < -0.39 is 10.6 Å². The first-order valence-electron chi connectivity index (χ1n) is 7.16. The van der Waals surface area contributed by atoms with Crippen LogP contribution in [0.4, 0.5) is 17.2 Å².